The van der Waals surface area contributed by atoms with E-state index in [1.165, 1.54) is 10.4 Å². The summed E-state index contributed by atoms with van der Waals surface area (Å²) in [5.41, 5.74) is 0.734. The maximum atomic E-state index is 12.1. The Hall–Kier alpha value is -1.25. The second kappa shape index (κ2) is 4.79. The summed E-state index contributed by atoms with van der Waals surface area (Å²) >= 11 is 5.82. The number of nitrogens with zero attached hydrogens (tertiary/aromatic N) is 2. The van der Waals surface area contributed by atoms with Crippen LogP contribution in [0.25, 0.3) is 0 Å². The fourth-order valence-corrected chi connectivity index (χ4v) is 3.39. The number of sulfonamides is 1. The highest BCUT2D eigenvalue weighted by Crippen LogP contribution is 2.36. The van der Waals surface area contributed by atoms with Crippen molar-refractivity contribution in [3.63, 3.8) is 0 Å². The van der Waals surface area contributed by atoms with Crippen molar-refractivity contribution in [1.29, 1.82) is 5.26 Å². The smallest absolute Gasteiger partial charge is 0.235 e. The fraction of sp³-hybridized carbons (Fsp3) is 0.417. The van der Waals surface area contributed by atoms with Gasteiger partial charge in [-0.3, -0.25) is 4.31 Å². The number of hydrogen-bond acceptors (Lipinski definition) is 3. The lowest BCUT2D eigenvalue weighted by atomic mass is 10.2. The molecule has 0 aliphatic heterocycles. The molecule has 1 fully saturated rings. The van der Waals surface area contributed by atoms with E-state index in [1.54, 1.807) is 19.1 Å². The third kappa shape index (κ3) is 2.45. The lowest BCUT2D eigenvalue weighted by Crippen LogP contribution is -2.34. The lowest BCUT2D eigenvalue weighted by molar-refractivity contribution is 0.591. The molecule has 1 aromatic rings. The molecule has 1 aliphatic rings. The molecule has 6 heteroatoms. The summed E-state index contributed by atoms with van der Waals surface area (Å²) in [7, 11) is -3.36. The van der Waals surface area contributed by atoms with Gasteiger partial charge < -0.3 is 0 Å². The summed E-state index contributed by atoms with van der Waals surface area (Å²) < 4.78 is 25.6. The normalized spacial score (nSPS) is 15.2. The molecule has 96 valence electrons. The summed E-state index contributed by atoms with van der Waals surface area (Å²) in [4.78, 5) is 0. The van der Waals surface area contributed by atoms with Gasteiger partial charge in [-0.1, -0.05) is 11.6 Å². The van der Waals surface area contributed by atoms with Crippen LogP contribution in [0.3, 0.4) is 0 Å². The Morgan fingerprint density at radius 3 is 2.67 bits per heavy atom. The number of anilines is 1. The fourth-order valence-electron chi connectivity index (χ4n) is 1.81. The Labute approximate surface area is 112 Å². The first-order valence-electron chi connectivity index (χ1n) is 5.71. The summed E-state index contributed by atoms with van der Waals surface area (Å²) in [6, 6.07) is 6.70. The first-order valence-corrected chi connectivity index (χ1v) is 7.70. The summed E-state index contributed by atoms with van der Waals surface area (Å²) in [6.07, 6.45) is 1.68. The first-order chi connectivity index (χ1) is 8.49. The Bertz CT molecular complexity index is 603. The molecule has 0 atom stereocenters. The predicted octanol–water partition coefficient (Wildman–Crippen LogP) is 2.53. The van der Waals surface area contributed by atoms with E-state index in [2.05, 4.69) is 0 Å². The first kappa shape index (κ1) is 13.2. The van der Waals surface area contributed by atoms with Crippen molar-refractivity contribution in [2.45, 2.75) is 25.8 Å². The lowest BCUT2D eigenvalue weighted by Gasteiger charge is -2.24. The van der Waals surface area contributed by atoms with E-state index in [4.69, 9.17) is 16.9 Å². The maximum Gasteiger partial charge on any atom is 0.235 e. The van der Waals surface area contributed by atoms with Gasteiger partial charge in [0.2, 0.25) is 10.0 Å². The van der Waals surface area contributed by atoms with Gasteiger partial charge >= 0.3 is 0 Å². The molecule has 1 aliphatic carbocycles. The van der Waals surface area contributed by atoms with E-state index in [1.807, 2.05) is 6.07 Å². The van der Waals surface area contributed by atoms with Crippen LogP contribution >= 0.6 is 11.6 Å². The second-order valence-electron chi connectivity index (χ2n) is 4.20. The molecule has 1 saturated carbocycles. The van der Waals surface area contributed by atoms with Gasteiger partial charge in [0.1, 0.15) is 6.07 Å². The van der Waals surface area contributed by atoms with Crippen LogP contribution in [-0.4, -0.2) is 20.2 Å². The highest BCUT2D eigenvalue weighted by molar-refractivity contribution is 7.92. The molecule has 0 bridgehead atoms. The molecule has 18 heavy (non-hydrogen) atoms. The van der Waals surface area contributed by atoms with Crippen LogP contribution < -0.4 is 4.31 Å². The molecule has 0 heterocycles. The Morgan fingerprint density at radius 1 is 1.50 bits per heavy atom. The number of benzene rings is 1. The van der Waals surface area contributed by atoms with Crippen LogP contribution in [0.2, 0.25) is 5.02 Å². The predicted molar refractivity (Wildman–Crippen MR) is 71.1 cm³/mol. The van der Waals surface area contributed by atoms with Crippen LogP contribution in [0.1, 0.15) is 25.3 Å². The third-order valence-electron chi connectivity index (χ3n) is 2.86. The topological polar surface area (TPSA) is 61.2 Å². The molecule has 0 unspecified atom stereocenters. The molecule has 0 N–H and O–H groups in total. The van der Waals surface area contributed by atoms with E-state index in [-0.39, 0.29) is 11.8 Å². The zero-order chi connectivity index (χ0) is 13.3. The molecule has 0 amide bonds. The quantitative estimate of drug-likeness (QED) is 0.853. The van der Waals surface area contributed by atoms with E-state index < -0.39 is 10.0 Å². The molecule has 1 aromatic carbocycles. The van der Waals surface area contributed by atoms with Gasteiger partial charge in [0.05, 0.1) is 17.0 Å². The zero-order valence-electron chi connectivity index (χ0n) is 9.93. The molecular weight excluding hydrogens is 272 g/mol. The molecule has 2 rings (SSSR count). The highest BCUT2D eigenvalue weighted by Gasteiger charge is 2.37. The number of halogens is 1. The van der Waals surface area contributed by atoms with Crippen molar-refractivity contribution >= 4 is 27.3 Å². The van der Waals surface area contributed by atoms with Crippen molar-refractivity contribution < 1.29 is 8.42 Å². The molecular formula is C12H13ClN2O2S. The van der Waals surface area contributed by atoms with E-state index in [0.29, 0.717) is 16.3 Å². The van der Waals surface area contributed by atoms with E-state index in [0.717, 1.165) is 12.8 Å². The maximum absolute atomic E-state index is 12.1. The van der Waals surface area contributed by atoms with Crippen LogP contribution in [0.15, 0.2) is 18.2 Å². The van der Waals surface area contributed by atoms with Gasteiger partial charge in [-0.25, -0.2) is 8.42 Å². The SMILES string of the molecule is CCS(=O)(=O)N(c1ccc(Cl)cc1C#N)C1CC1. The van der Waals surface area contributed by atoms with Gasteiger partial charge in [-0.15, -0.1) is 0 Å². The standard InChI is InChI=1S/C12H13ClN2O2S/c1-2-18(16,17)15(11-4-5-11)12-6-3-10(13)7-9(12)8-14/h3,6-7,11H,2,4-5H2,1H3. The molecule has 0 radical (unpaired) electrons. The minimum absolute atomic E-state index is 0.0109. The Morgan fingerprint density at radius 2 is 2.17 bits per heavy atom. The largest absolute Gasteiger partial charge is 0.266 e. The summed E-state index contributed by atoms with van der Waals surface area (Å²) in [5, 5.41) is 9.53. The van der Waals surface area contributed by atoms with Crippen LogP contribution in [-0.2, 0) is 10.0 Å². The van der Waals surface area contributed by atoms with Gasteiger partial charge in [-0.2, -0.15) is 5.26 Å². The van der Waals surface area contributed by atoms with Gasteiger partial charge in [-0.05, 0) is 38.0 Å². The average Bonchev–Trinajstić information content (AvgIpc) is 3.15. The minimum Gasteiger partial charge on any atom is -0.266 e. The second-order valence-corrected chi connectivity index (χ2v) is 6.77. The van der Waals surface area contributed by atoms with Crippen molar-refractivity contribution in [3.8, 4) is 6.07 Å². The summed E-state index contributed by atoms with van der Waals surface area (Å²) in [6.45, 7) is 1.60. The number of hydrogen-bond donors (Lipinski definition) is 0. The average molecular weight is 285 g/mol. The minimum atomic E-state index is -3.36. The van der Waals surface area contributed by atoms with Crippen LogP contribution in [0, 0.1) is 11.3 Å². The Balaban J connectivity index is 2.54. The molecule has 4 nitrogen and oxygen atoms in total. The number of rotatable bonds is 4. The third-order valence-corrected chi connectivity index (χ3v) is 4.92. The molecule has 0 saturated heterocycles. The summed E-state index contributed by atoms with van der Waals surface area (Å²) in [5.74, 6) is 0.0248. The van der Waals surface area contributed by atoms with Crippen molar-refractivity contribution in [2.75, 3.05) is 10.1 Å². The highest BCUT2D eigenvalue weighted by atomic mass is 35.5. The van der Waals surface area contributed by atoms with Crippen LogP contribution in [0.4, 0.5) is 5.69 Å². The van der Waals surface area contributed by atoms with Gasteiger partial charge in [0, 0.05) is 11.1 Å². The van der Waals surface area contributed by atoms with Gasteiger partial charge in [0.25, 0.3) is 0 Å². The van der Waals surface area contributed by atoms with Crippen molar-refractivity contribution in [2.24, 2.45) is 0 Å². The monoisotopic (exact) mass is 284 g/mol. The van der Waals surface area contributed by atoms with E-state index in [9.17, 15) is 8.42 Å². The van der Waals surface area contributed by atoms with Crippen LogP contribution in [0.5, 0.6) is 0 Å². The molecule has 0 spiro atoms. The van der Waals surface area contributed by atoms with Crippen molar-refractivity contribution in [1.82, 2.24) is 0 Å². The molecule has 0 aromatic heterocycles. The number of nitriles is 1. The van der Waals surface area contributed by atoms with Crippen molar-refractivity contribution in [3.05, 3.63) is 28.8 Å². The van der Waals surface area contributed by atoms with Gasteiger partial charge in [0.15, 0.2) is 0 Å². The Kier molecular flexibility index (Phi) is 3.51. The zero-order valence-corrected chi connectivity index (χ0v) is 11.5. The van der Waals surface area contributed by atoms with E-state index >= 15 is 0 Å².